The second-order valence-electron chi connectivity index (χ2n) is 9.98. The van der Waals surface area contributed by atoms with Gasteiger partial charge < -0.3 is 14.2 Å². The number of rotatable bonds is 7. The second kappa shape index (κ2) is 7.42. The molecule has 2 aliphatic heterocycles. The van der Waals surface area contributed by atoms with Crippen LogP contribution in [0.1, 0.15) is 79.5 Å². The van der Waals surface area contributed by atoms with Crippen LogP contribution in [0.3, 0.4) is 0 Å². The van der Waals surface area contributed by atoms with E-state index in [1.54, 1.807) is 0 Å². The van der Waals surface area contributed by atoms with Crippen LogP contribution in [0.4, 0.5) is 0 Å². The van der Waals surface area contributed by atoms with E-state index in [4.69, 9.17) is 14.2 Å². The molecule has 0 unspecified atom stereocenters. The molecule has 0 spiro atoms. The summed E-state index contributed by atoms with van der Waals surface area (Å²) in [4.78, 5) is 27.3. The van der Waals surface area contributed by atoms with Gasteiger partial charge in [0, 0.05) is 11.8 Å². The van der Waals surface area contributed by atoms with Gasteiger partial charge in [-0.25, -0.2) is 4.79 Å². The van der Waals surface area contributed by atoms with E-state index in [9.17, 15) is 9.59 Å². The predicted molar refractivity (Wildman–Crippen MR) is 122 cm³/mol. The summed E-state index contributed by atoms with van der Waals surface area (Å²) in [5.41, 5.74) is 2.27. The number of hydrogen-bond acceptors (Lipinski definition) is 5. The first-order chi connectivity index (χ1) is 16.1. The van der Waals surface area contributed by atoms with Crippen LogP contribution in [-0.4, -0.2) is 36.9 Å². The lowest BCUT2D eigenvalue weighted by Gasteiger charge is -2.52. The van der Waals surface area contributed by atoms with Gasteiger partial charge in [0.25, 0.3) is 0 Å². The third kappa shape index (κ3) is 2.57. The van der Waals surface area contributed by atoms with Gasteiger partial charge in [-0.1, -0.05) is 74.7 Å². The molecule has 2 heterocycles. The van der Waals surface area contributed by atoms with E-state index in [-0.39, 0.29) is 36.0 Å². The minimum Gasteiger partial charge on any atom is -0.468 e. The zero-order chi connectivity index (χ0) is 22.8. The van der Waals surface area contributed by atoms with Crippen molar-refractivity contribution >= 4 is 11.9 Å². The summed E-state index contributed by atoms with van der Waals surface area (Å²) in [5, 5.41) is 0. The molecule has 172 valence electrons. The van der Waals surface area contributed by atoms with E-state index < -0.39 is 11.0 Å². The SMILES string of the molecule is CCCCCC[C@@H]1OC(=O)[C@@]2([C@@]3(C(=O)OC)CC4c5ccccc5C3c3ccccc34)O[C@@H]12. The number of esters is 2. The number of methoxy groups -OCH3 is 1. The lowest BCUT2D eigenvalue weighted by molar-refractivity contribution is -0.174. The Hall–Kier alpha value is -2.66. The van der Waals surface area contributed by atoms with Crippen molar-refractivity contribution < 1.29 is 23.8 Å². The summed E-state index contributed by atoms with van der Waals surface area (Å²) in [6.45, 7) is 2.18. The van der Waals surface area contributed by atoms with Crippen molar-refractivity contribution in [1.82, 2.24) is 0 Å². The molecule has 2 fully saturated rings. The van der Waals surface area contributed by atoms with Crippen molar-refractivity contribution in [3.8, 4) is 0 Å². The fourth-order valence-electron chi connectivity index (χ4n) is 7.09. The summed E-state index contributed by atoms with van der Waals surface area (Å²) >= 11 is 0. The largest absolute Gasteiger partial charge is 0.468 e. The molecule has 5 heteroatoms. The molecule has 2 aromatic carbocycles. The molecule has 3 aliphatic carbocycles. The Labute approximate surface area is 194 Å². The highest BCUT2D eigenvalue weighted by Gasteiger charge is 2.86. The summed E-state index contributed by atoms with van der Waals surface area (Å²) in [5.74, 6) is -1.05. The average molecular weight is 447 g/mol. The van der Waals surface area contributed by atoms with E-state index in [1.165, 1.54) is 24.7 Å². The second-order valence-corrected chi connectivity index (χ2v) is 9.98. The van der Waals surface area contributed by atoms with Crippen LogP contribution < -0.4 is 0 Å². The van der Waals surface area contributed by atoms with Gasteiger partial charge in [-0.2, -0.15) is 0 Å². The molecule has 2 bridgehead atoms. The van der Waals surface area contributed by atoms with Crippen LogP contribution in [0, 0.1) is 5.41 Å². The Morgan fingerprint density at radius 2 is 1.64 bits per heavy atom. The standard InChI is InChI=1S/C28H30O5/c1-3-4-5-6-15-22-24-28(33-24,26(30)32-22)27(25(29)31-2)16-21-17-11-7-9-13-19(17)23(27)20-14-10-8-12-18(20)21/h7-14,21-24H,3-6,15-16H2,1-2H3/t21?,22-,23?,24-,27-,28-/m0/s1. The van der Waals surface area contributed by atoms with Gasteiger partial charge in [-0.15, -0.1) is 0 Å². The predicted octanol–water partition coefficient (Wildman–Crippen LogP) is 4.86. The number of carbonyl (C=O) groups is 2. The van der Waals surface area contributed by atoms with Crippen LogP contribution in [0.15, 0.2) is 48.5 Å². The van der Waals surface area contributed by atoms with Crippen LogP contribution in [0.2, 0.25) is 0 Å². The number of hydrogen-bond donors (Lipinski definition) is 0. The molecule has 0 saturated carbocycles. The molecule has 5 nitrogen and oxygen atoms in total. The fraction of sp³-hybridized carbons (Fsp3) is 0.500. The van der Waals surface area contributed by atoms with Gasteiger partial charge in [-0.05, 0) is 41.5 Å². The van der Waals surface area contributed by atoms with E-state index in [0.717, 1.165) is 36.8 Å². The summed E-state index contributed by atoms with van der Waals surface area (Å²) in [6.07, 6.45) is 5.01. The monoisotopic (exact) mass is 446 g/mol. The Kier molecular flexibility index (Phi) is 4.70. The number of carbonyl (C=O) groups excluding carboxylic acids is 2. The van der Waals surface area contributed by atoms with Gasteiger partial charge in [0.15, 0.2) is 0 Å². The lowest BCUT2D eigenvalue weighted by Crippen LogP contribution is -2.58. The molecule has 4 atom stereocenters. The highest BCUT2D eigenvalue weighted by Crippen LogP contribution is 2.72. The number of fused-ring (bicyclic) bond motifs is 3. The van der Waals surface area contributed by atoms with Crippen molar-refractivity contribution in [1.29, 1.82) is 0 Å². The number of unbranched alkanes of at least 4 members (excludes halogenated alkanes) is 3. The molecule has 0 aromatic heterocycles. The van der Waals surface area contributed by atoms with Gasteiger partial charge >= 0.3 is 11.9 Å². The first-order valence-corrected chi connectivity index (χ1v) is 12.2. The minimum absolute atomic E-state index is 0.0112. The molecule has 0 amide bonds. The van der Waals surface area contributed by atoms with Crippen LogP contribution >= 0.6 is 0 Å². The Morgan fingerprint density at radius 1 is 1.00 bits per heavy atom. The fourth-order valence-corrected chi connectivity index (χ4v) is 7.09. The third-order valence-electron chi connectivity index (χ3n) is 8.49. The van der Waals surface area contributed by atoms with Crippen molar-refractivity contribution in [3.63, 3.8) is 0 Å². The van der Waals surface area contributed by atoms with Crippen molar-refractivity contribution in [3.05, 3.63) is 70.8 Å². The quantitative estimate of drug-likeness (QED) is 0.345. The zero-order valence-corrected chi connectivity index (χ0v) is 19.2. The lowest BCUT2D eigenvalue weighted by atomic mass is 9.47. The molecule has 5 aliphatic rings. The first-order valence-electron chi connectivity index (χ1n) is 12.2. The molecule has 2 saturated heterocycles. The topological polar surface area (TPSA) is 65.1 Å². The average Bonchev–Trinajstić information content (AvgIpc) is 3.56. The van der Waals surface area contributed by atoms with Crippen molar-refractivity contribution in [2.24, 2.45) is 5.41 Å². The molecule has 33 heavy (non-hydrogen) atoms. The van der Waals surface area contributed by atoms with Gasteiger partial charge in [-0.3, -0.25) is 4.79 Å². The minimum atomic E-state index is -1.26. The highest BCUT2D eigenvalue weighted by atomic mass is 16.7. The third-order valence-corrected chi connectivity index (χ3v) is 8.49. The van der Waals surface area contributed by atoms with Crippen molar-refractivity contribution in [2.45, 2.75) is 75.1 Å². The Bertz CT molecular complexity index is 1080. The molecular formula is C28H30O5. The van der Waals surface area contributed by atoms with Crippen LogP contribution in [0.25, 0.3) is 0 Å². The summed E-state index contributed by atoms with van der Waals surface area (Å²) in [6, 6.07) is 16.6. The van der Waals surface area contributed by atoms with Crippen molar-refractivity contribution in [2.75, 3.05) is 7.11 Å². The van der Waals surface area contributed by atoms with Gasteiger partial charge in [0.05, 0.1) is 7.11 Å². The molecule has 0 N–H and O–H groups in total. The van der Waals surface area contributed by atoms with Gasteiger partial charge in [0.1, 0.15) is 17.6 Å². The number of benzene rings is 2. The maximum absolute atomic E-state index is 13.8. The molecule has 0 radical (unpaired) electrons. The first kappa shape index (κ1) is 20.9. The maximum Gasteiger partial charge on any atom is 0.342 e. The van der Waals surface area contributed by atoms with E-state index in [1.807, 2.05) is 24.3 Å². The van der Waals surface area contributed by atoms with Crippen LogP contribution in [-0.2, 0) is 23.8 Å². The Balaban J connectivity index is 1.47. The maximum atomic E-state index is 13.8. The normalized spacial score (nSPS) is 34.8. The highest BCUT2D eigenvalue weighted by molar-refractivity contribution is 5.98. The number of epoxide rings is 1. The molecular weight excluding hydrogens is 416 g/mol. The van der Waals surface area contributed by atoms with E-state index in [2.05, 4.69) is 31.2 Å². The number of cyclic esters (lactones) is 1. The van der Waals surface area contributed by atoms with Crippen LogP contribution in [0.5, 0.6) is 0 Å². The number of ether oxygens (including phenoxy) is 3. The van der Waals surface area contributed by atoms with E-state index >= 15 is 0 Å². The van der Waals surface area contributed by atoms with E-state index in [0.29, 0.717) is 6.42 Å². The zero-order valence-electron chi connectivity index (χ0n) is 19.2. The smallest absolute Gasteiger partial charge is 0.342 e. The molecule has 2 aromatic rings. The van der Waals surface area contributed by atoms with Gasteiger partial charge in [0.2, 0.25) is 5.60 Å². The molecule has 7 rings (SSSR count). The summed E-state index contributed by atoms with van der Waals surface area (Å²) in [7, 11) is 1.42. The Morgan fingerprint density at radius 3 is 2.21 bits per heavy atom. The summed E-state index contributed by atoms with van der Waals surface area (Å²) < 4.78 is 17.6.